The third-order valence-electron chi connectivity index (χ3n) is 3.08. The van der Waals surface area contributed by atoms with E-state index in [-0.39, 0.29) is 0 Å². The van der Waals surface area contributed by atoms with Gasteiger partial charge in [0.1, 0.15) is 0 Å². The fourth-order valence-electron chi connectivity index (χ4n) is 2.06. The average Bonchev–Trinajstić information content (AvgIpc) is 2.86. The molecule has 0 saturated carbocycles. The van der Waals surface area contributed by atoms with Crippen LogP contribution in [0.2, 0.25) is 0 Å². The molecule has 2 heteroatoms. The number of aromatic amines is 1. The van der Waals surface area contributed by atoms with Crippen molar-refractivity contribution >= 4 is 22.8 Å². The van der Waals surface area contributed by atoms with Crippen molar-refractivity contribution in [1.82, 2.24) is 4.98 Å². The molecule has 0 amide bonds. The van der Waals surface area contributed by atoms with E-state index in [1.165, 1.54) is 10.9 Å². The minimum absolute atomic E-state index is 1.01. The molecular formula is C16H14N2. The summed E-state index contributed by atoms with van der Waals surface area (Å²) < 4.78 is 0. The van der Waals surface area contributed by atoms with Crippen molar-refractivity contribution in [2.24, 2.45) is 4.99 Å². The Kier molecular flexibility index (Phi) is 2.69. The number of para-hydroxylation sites is 2. The van der Waals surface area contributed by atoms with E-state index in [2.05, 4.69) is 47.2 Å². The number of H-pyrrole nitrogens is 1. The van der Waals surface area contributed by atoms with Crippen LogP contribution in [0.4, 0.5) is 5.69 Å². The molecule has 18 heavy (non-hydrogen) atoms. The van der Waals surface area contributed by atoms with Crippen molar-refractivity contribution in [3.05, 3.63) is 65.9 Å². The summed E-state index contributed by atoms with van der Waals surface area (Å²) in [5.41, 5.74) is 4.45. The van der Waals surface area contributed by atoms with Crippen molar-refractivity contribution < 1.29 is 0 Å². The summed E-state index contributed by atoms with van der Waals surface area (Å²) in [6.45, 7) is 2.07. The highest BCUT2D eigenvalue weighted by Gasteiger charge is 1.99. The molecule has 1 heterocycles. The fraction of sp³-hybridized carbons (Fsp3) is 0.0625. The van der Waals surface area contributed by atoms with E-state index in [4.69, 9.17) is 0 Å². The number of aromatic nitrogens is 1. The molecule has 0 aliphatic heterocycles. The Bertz CT molecular complexity index is 708. The van der Waals surface area contributed by atoms with Crippen molar-refractivity contribution in [3.8, 4) is 0 Å². The maximum atomic E-state index is 4.56. The lowest BCUT2D eigenvalue weighted by atomic mass is 10.1. The van der Waals surface area contributed by atoms with Crippen LogP contribution in [0, 0.1) is 6.92 Å². The molecule has 2 aromatic carbocycles. The Morgan fingerprint density at radius 2 is 1.89 bits per heavy atom. The number of nitrogens with zero attached hydrogens (tertiary/aromatic N) is 1. The first-order valence-electron chi connectivity index (χ1n) is 6.00. The smallest absolute Gasteiger partial charge is 0.0659 e. The molecule has 0 unspecified atom stereocenters. The Labute approximate surface area is 106 Å². The summed E-state index contributed by atoms with van der Waals surface area (Å²) in [6, 6.07) is 16.4. The first-order valence-corrected chi connectivity index (χ1v) is 6.00. The van der Waals surface area contributed by atoms with Crippen LogP contribution in [0.25, 0.3) is 10.9 Å². The number of benzene rings is 2. The zero-order chi connectivity index (χ0) is 12.4. The molecule has 2 nitrogen and oxygen atoms in total. The van der Waals surface area contributed by atoms with E-state index in [9.17, 15) is 0 Å². The van der Waals surface area contributed by atoms with Crippen molar-refractivity contribution in [2.45, 2.75) is 6.92 Å². The summed E-state index contributed by atoms with van der Waals surface area (Å²) in [5.74, 6) is 0. The maximum absolute atomic E-state index is 4.56. The molecule has 0 fully saturated rings. The first kappa shape index (κ1) is 10.8. The number of hydrogen-bond acceptors (Lipinski definition) is 1. The van der Waals surface area contributed by atoms with Gasteiger partial charge >= 0.3 is 0 Å². The van der Waals surface area contributed by atoms with Crippen molar-refractivity contribution in [1.29, 1.82) is 0 Å². The van der Waals surface area contributed by atoms with E-state index >= 15 is 0 Å². The number of aryl methyl sites for hydroxylation is 1. The Hall–Kier alpha value is -2.35. The highest BCUT2D eigenvalue weighted by Crippen LogP contribution is 2.19. The summed E-state index contributed by atoms with van der Waals surface area (Å²) in [4.78, 5) is 7.81. The Morgan fingerprint density at radius 3 is 2.78 bits per heavy atom. The van der Waals surface area contributed by atoms with Crippen LogP contribution >= 0.6 is 0 Å². The van der Waals surface area contributed by atoms with Gasteiger partial charge in [-0.2, -0.15) is 0 Å². The summed E-state index contributed by atoms with van der Waals surface area (Å²) in [7, 11) is 0. The summed E-state index contributed by atoms with van der Waals surface area (Å²) in [6.07, 6.45) is 3.87. The van der Waals surface area contributed by atoms with Gasteiger partial charge in [0.25, 0.3) is 0 Å². The van der Waals surface area contributed by atoms with E-state index < -0.39 is 0 Å². The fourth-order valence-corrected chi connectivity index (χ4v) is 2.06. The van der Waals surface area contributed by atoms with Crippen LogP contribution in [-0.2, 0) is 0 Å². The molecule has 88 valence electrons. The molecule has 0 atom stereocenters. The minimum atomic E-state index is 1.01. The van der Waals surface area contributed by atoms with E-state index in [0.29, 0.717) is 0 Å². The molecule has 3 rings (SSSR count). The molecule has 0 bridgehead atoms. The lowest BCUT2D eigenvalue weighted by Crippen LogP contribution is -1.83. The van der Waals surface area contributed by atoms with Gasteiger partial charge in [0, 0.05) is 23.4 Å². The van der Waals surface area contributed by atoms with E-state index in [1.54, 1.807) is 0 Å². The van der Waals surface area contributed by atoms with Crippen molar-refractivity contribution in [3.63, 3.8) is 0 Å². The zero-order valence-corrected chi connectivity index (χ0v) is 10.2. The quantitative estimate of drug-likeness (QED) is 0.643. The molecule has 0 radical (unpaired) electrons. The monoisotopic (exact) mass is 234 g/mol. The second-order valence-electron chi connectivity index (χ2n) is 4.33. The molecule has 1 aromatic heterocycles. The number of fused-ring (bicyclic) bond motifs is 1. The SMILES string of the molecule is Cc1ccccc1/N=C/c1cccc2cc[nH]c12. The lowest BCUT2D eigenvalue weighted by molar-refractivity contribution is 1.40. The first-order chi connectivity index (χ1) is 8.84. The highest BCUT2D eigenvalue weighted by molar-refractivity contribution is 5.98. The second-order valence-corrected chi connectivity index (χ2v) is 4.33. The van der Waals surface area contributed by atoms with Crippen LogP contribution in [0.5, 0.6) is 0 Å². The highest BCUT2D eigenvalue weighted by atomic mass is 14.7. The maximum Gasteiger partial charge on any atom is 0.0659 e. The largest absolute Gasteiger partial charge is 0.361 e. The van der Waals surface area contributed by atoms with Crippen LogP contribution < -0.4 is 0 Å². The molecule has 0 saturated heterocycles. The van der Waals surface area contributed by atoms with Gasteiger partial charge in [0.15, 0.2) is 0 Å². The van der Waals surface area contributed by atoms with Crippen LogP contribution in [0.15, 0.2) is 59.7 Å². The molecule has 1 N–H and O–H groups in total. The van der Waals surface area contributed by atoms with Crippen LogP contribution in [-0.4, -0.2) is 11.2 Å². The van der Waals surface area contributed by atoms with Crippen LogP contribution in [0.3, 0.4) is 0 Å². The van der Waals surface area contributed by atoms with Gasteiger partial charge < -0.3 is 4.98 Å². The van der Waals surface area contributed by atoms with Gasteiger partial charge in [-0.05, 0) is 24.6 Å². The molecule has 0 aliphatic carbocycles. The zero-order valence-electron chi connectivity index (χ0n) is 10.2. The summed E-state index contributed by atoms with van der Waals surface area (Å²) >= 11 is 0. The number of rotatable bonds is 2. The van der Waals surface area contributed by atoms with Gasteiger partial charge in [0.2, 0.25) is 0 Å². The van der Waals surface area contributed by atoms with Gasteiger partial charge in [-0.1, -0.05) is 36.4 Å². The average molecular weight is 234 g/mol. The van der Waals surface area contributed by atoms with Crippen LogP contribution in [0.1, 0.15) is 11.1 Å². The Balaban J connectivity index is 2.02. The second kappa shape index (κ2) is 4.49. The predicted molar refractivity (Wildman–Crippen MR) is 76.7 cm³/mol. The topological polar surface area (TPSA) is 28.1 Å². The number of hydrogen-bond donors (Lipinski definition) is 1. The normalized spacial score (nSPS) is 11.4. The standard InChI is InChI=1S/C16H14N2/c1-12-5-2-3-8-15(12)18-11-14-7-4-6-13-9-10-17-16(13)14/h2-11,17H,1H3/b18-11+. The van der Waals surface area contributed by atoms with Gasteiger partial charge in [-0.15, -0.1) is 0 Å². The number of aliphatic imine (C=N–C) groups is 1. The van der Waals surface area contributed by atoms with E-state index in [0.717, 1.165) is 16.8 Å². The minimum Gasteiger partial charge on any atom is -0.361 e. The van der Waals surface area contributed by atoms with Crippen molar-refractivity contribution in [2.75, 3.05) is 0 Å². The predicted octanol–water partition coefficient (Wildman–Crippen LogP) is 4.23. The third-order valence-corrected chi connectivity index (χ3v) is 3.08. The van der Waals surface area contributed by atoms with Gasteiger partial charge in [-0.25, -0.2) is 0 Å². The number of nitrogens with one attached hydrogen (secondary N) is 1. The van der Waals surface area contributed by atoms with Gasteiger partial charge in [-0.3, -0.25) is 4.99 Å². The van der Waals surface area contributed by atoms with E-state index in [1.807, 2.05) is 30.6 Å². The van der Waals surface area contributed by atoms with Gasteiger partial charge in [0.05, 0.1) is 11.2 Å². The molecule has 0 spiro atoms. The Morgan fingerprint density at radius 1 is 1.00 bits per heavy atom. The molecular weight excluding hydrogens is 220 g/mol. The lowest BCUT2D eigenvalue weighted by Gasteiger charge is -1.99. The summed E-state index contributed by atoms with van der Waals surface area (Å²) in [5, 5.41) is 1.21. The third kappa shape index (κ3) is 1.93. The molecule has 3 aromatic rings. The molecule has 0 aliphatic rings.